The van der Waals surface area contributed by atoms with Crippen LogP contribution < -0.4 is 5.32 Å². The lowest BCUT2D eigenvalue weighted by Crippen LogP contribution is -2.25. The van der Waals surface area contributed by atoms with Crippen LogP contribution in [0.15, 0.2) is 6.20 Å². The molecule has 0 aliphatic carbocycles. The molecule has 0 aromatic carbocycles. The largest absolute Gasteiger partial charge is 0.356 e. The van der Waals surface area contributed by atoms with E-state index < -0.39 is 0 Å². The molecule has 1 amide bonds. The van der Waals surface area contributed by atoms with E-state index >= 15 is 0 Å². The molecule has 0 fully saturated rings. The van der Waals surface area contributed by atoms with Gasteiger partial charge in [0.15, 0.2) is 0 Å². The van der Waals surface area contributed by atoms with Crippen molar-refractivity contribution in [3.8, 4) is 0 Å². The van der Waals surface area contributed by atoms with E-state index in [1.54, 1.807) is 6.20 Å². The third kappa shape index (κ3) is 5.48. The molecule has 0 aliphatic heterocycles. The Balaban J connectivity index is 1.98. The molecule has 5 heteroatoms. The Morgan fingerprint density at radius 1 is 1.44 bits per heavy atom. The first-order chi connectivity index (χ1) is 7.83. The van der Waals surface area contributed by atoms with Crippen molar-refractivity contribution in [2.75, 3.05) is 6.54 Å². The van der Waals surface area contributed by atoms with Crippen LogP contribution in [0.2, 0.25) is 0 Å². The second kappa shape index (κ2) is 7.84. The van der Waals surface area contributed by atoms with Crippen molar-refractivity contribution in [2.24, 2.45) is 0 Å². The monoisotopic (exact) mass is 224 g/mol. The molecular weight excluding hydrogens is 204 g/mol. The van der Waals surface area contributed by atoms with Gasteiger partial charge in [0.25, 0.3) is 0 Å². The molecule has 2 N–H and O–H groups in total. The second-order valence-corrected chi connectivity index (χ2v) is 3.87. The van der Waals surface area contributed by atoms with Crippen molar-refractivity contribution >= 4 is 5.91 Å². The highest BCUT2D eigenvalue weighted by Gasteiger charge is 2.01. The number of H-pyrrole nitrogens is 1. The fraction of sp³-hybridized carbons (Fsp3) is 0.727. The predicted molar refractivity (Wildman–Crippen MR) is 61.9 cm³/mol. The van der Waals surface area contributed by atoms with Crippen LogP contribution in [0.4, 0.5) is 0 Å². The fourth-order valence-corrected chi connectivity index (χ4v) is 1.48. The van der Waals surface area contributed by atoms with E-state index in [0.717, 1.165) is 25.0 Å². The molecule has 90 valence electrons. The van der Waals surface area contributed by atoms with Crippen molar-refractivity contribution in [1.82, 2.24) is 20.7 Å². The molecule has 1 heterocycles. The lowest BCUT2D eigenvalue weighted by atomic mass is 10.1. The number of hydrogen-bond acceptors (Lipinski definition) is 3. The van der Waals surface area contributed by atoms with Gasteiger partial charge in [0.2, 0.25) is 5.91 Å². The fourth-order valence-electron chi connectivity index (χ4n) is 1.48. The summed E-state index contributed by atoms with van der Waals surface area (Å²) < 4.78 is 0. The molecule has 16 heavy (non-hydrogen) atoms. The highest BCUT2D eigenvalue weighted by molar-refractivity contribution is 5.75. The molecule has 0 radical (unpaired) electrons. The van der Waals surface area contributed by atoms with Gasteiger partial charge in [-0.3, -0.25) is 4.79 Å². The highest BCUT2D eigenvalue weighted by Crippen LogP contribution is 2.01. The summed E-state index contributed by atoms with van der Waals surface area (Å²) >= 11 is 0. The van der Waals surface area contributed by atoms with Crippen molar-refractivity contribution < 1.29 is 4.79 Å². The van der Waals surface area contributed by atoms with Gasteiger partial charge < -0.3 is 5.32 Å². The number of carbonyl (C=O) groups is 1. The first kappa shape index (κ1) is 12.7. The van der Waals surface area contributed by atoms with Gasteiger partial charge in [-0.1, -0.05) is 26.2 Å². The molecule has 0 spiro atoms. The second-order valence-electron chi connectivity index (χ2n) is 3.87. The maximum absolute atomic E-state index is 11.4. The van der Waals surface area contributed by atoms with Crippen LogP contribution >= 0.6 is 0 Å². The van der Waals surface area contributed by atoms with Crippen LogP contribution in [-0.2, 0) is 11.2 Å². The van der Waals surface area contributed by atoms with Crippen molar-refractivity contribution in [2.45, 2.75) is 45.4 Å². The Labute approximate surface area is 96.0 Å². The standard InChI is InChI=1S/C11H20N4O/c1-2-3-4-5-6-11(16)12-8-7-10-9-13-15-14-10/h9H,2-8H2,1H3,(H,12,16)(H,13,14,15). The predicted octanol–water partition coefficient (Wildman–Crippen LogP) is 1.43. The van der Waals surface area contributed by atoms with Gasteiger partial charge in [0.05, 0.1) is 11.9 Å². The first-order valence-corrected chi connectivity index (χ1v) is 5.94. The third-order valence-electron chi connectivity index (χ3n) is 2.43. The molecule has 0 unspecified atom stereocenters. The zero-order chi connectivity index (χ0) is 11.6. The molecule has 0 saturated carbocycles. The number of hydrogen-bond donors (Lipinski definition) is 2. The maximum Gasteiger partial charge on any atom is 0.220 e. The van der Waals surface area contributed by atoms with E-state index in [2.05, 4.69) is 27.7 Å². The van der Waals surface area contributed by atoms with Gasteiger partial charge in [-0.2, -0.15) is 15.4 Å². The molecule has 1 aromatic heterocycles. The molecule has 5 nitrogen and oxygen atoms in total. The van der Waals surface area contributed by atoms with Gasteiger partial charge in [-0.15, -0.1) is 0 Å². The van der Waals surface area contributed by atoms with Crippen LogP contribution in [0, 0.1) is 0 Å². The van der Waals surface area contributed by atoms with Crippen LogP contribution in [0.5, 0.6) is 0 Å². The Bertz CT molecular complexity index is 284. The number of aromatic amines is 1. The Morgan fingerprint density at radius 2 is 2.31 bits per heavy atom. The van der Waals surface area contributed by atoms with Crippen LogP contribution in [-0.4, -0.2) is 27.9 Å². The molecule has 0 aliphatic rings. The third-order valence-corrected chi connectivity index (χ3v) is 2.43. The SMILES string of the molecule is CCCCCCC(=O)NCCc1cn[nH]n1. The van der Waals surface area contributed by atoms with Crippen molar-refractivity contribution in [1.29, 1.82) is 0 Å². The normalized spacial score (nSPS) is 10.3. The summed E-state index contributed by atoms with van der Waals surface area (Å²) in [6.07, 6.45) is 7.60. The lowest BCUT2D eigenvalue weighted by Gasteiger charge is -2.03. The number of aromatic nitrogens is 3. The number of unbranched alkanes of at least 4 members (excludes halogenated alkanes) is 3. The summed E-state index contributed by atoms with van der Waals surface area (Å²) in [6, 6.07) is 0. The van der Waals surface area contributed by atoms with Gasteiger partial charge in [0, 0.05) is 19.4 Å². The number of nitrogens with one attached hydrogen (secondary N) is 2. The number of carbonyl (C=O) groups excluding carboxylic acids is 1. The average molecular weight is 224 g/mol. The van der Waals surface area contributed by atoms with Gasteiger partial charge >= 0.3 is 0 Å². The number of nitrogens with zero attached hydrogens (tertiary/aromatic N) is 2. The smallest absolute Gasteiger partial charge is 0.220 e. The summed E-state index contributed by atoms with van der Waals surface area (Å²) in [5, 5.41) is 13.0. The summed E-state index contributed by atoms with van der Waals surface area (Å²) in [5.74, 6) is 0.139. The molecule has 0 atom stereocenters. The zero-order valence-corrected chi connectivity index (χ0v) is 9.83. The zero-order valence-electron chi connectivity index (χ0n) is 9.83. The minimum Gasteiger partial charge on any atom is -0.356 e. The van der Waals surface area contributed by atoms with Gasteiger partial charge in [-0.25, -0.2) is 0 Å². The van der Waals surface area contributed by atoms with Gasteiger partial charge in [0.1, 0.15) is 0 Å². The topological polar surface area (TPSA) is 70.7 Å². The van der Waals surface area contributed by atoms with Crippen LogP contribution in [0.3, 0.4) is 0 Å². The highest BCUT2D eigenvalue weighted by atomic mass is 16.1. The molecule has 0 bridgehead atoms. The summed E-state index contributed by atoms with van der Waals surface area (Å²) in [7, 11) is 0. The van der Waals surface area contributed by atoms with Crippen molar-refractivity contribution in [3.05, 3.63) is 11.9 Å². The quantitative estimate of drug-likeness (QED) is 0.656. The minimum atomic E-state index is 0.139. The summed E-state index contributed by atoms with van der Waals surface area (Å²) in [6.45, 7) is 2.80. The Hall–Kier alpha value is -1.39. The van der Waals surface area contributed by atoms with Gasteiger partial charge in [-0.05, 0) is 6.42 Å². The van der Waals surface area contributed by atoms with E-state index in [-0.39, 0.29) is 5.91 Å². The Kier molecular flexibility index (Phi) is 6.22. The molecule has 1 rings (SSSR count). The maximum atomic E-state index is 11.4. The van der Waals surface area contributed by atoms with Crippen molar-refractivity contribution in [3.63, 3.8) is 0 Å². The van der Waals surface area contributed by atoms with E-state index in [1.807, 2.05) is 0 Å². The molecule has 0 saturated heterocycles. The van der Waals surface area contributed by atoms with E-state index in [4.69, 9.17) is 0 Å². The molecular formula is C11H20N4O. The number of rotatable bonds is 8. The average Bonchev–Trinajstić information content (AvgIpc) is 2.77. The summed E-state index contributed by atoms with van der Waals surface area (Å²) in [5.41, 5.74) is 0.881. The van der Waals surface area contributed by atoms with E-state index in [9.17, 15) is 4.79 Å². The van der Waals surface area contributed by atoms with Crippen LogP contribution in [0.25, 0.3) is 0 Å². The number of amides is 1. The van der Waals surface area contributed by atoms with E-state index in [0.29, 0.717) is 13.0 Å². The Morgan fingerprint density at radius 3 is 3.00 bits per heavy atom. The minimum absolute atomic E-state index is 0.139. The summed E-state index contributed by atoms with van der Waals surface area (Å²) in [4.78, 5) is 11.4. The van der Waals surface area contributed by atoms with Crippen LogP contribution in [0.1, 0.15) is 44.7 Å². The first-order valence-electron chi connectivity index (χ1n) is 5.94. The van der Waals surface area contributed by atoms with E-state index in [1.165, 1.54) is 12.8 Å². The lowest BCUT2D eigenvalue weighted by molar-refractivity contribution is -0.121. The molecule has 1 aromatic rings.